The van der Waals surface area contributed by atoms with Crippen molar-refractivity contribution in [1.29, 1.82) is 0 Å². The van der Waals surface area contributed by atoms with Crippen LogP contribution in [0.4, 0.5) is 0 Å². The van der Waals surface area contributed by atoms with E-state index in [-0.39, 0.29) is 5.78 Å². The number of hydrogen-bond donors (Lipinski definition) is 0. The third-order valence-electron chi connectivity index (χ3n) is 2.89. The van der Waals surface area contributed by atoms with Crippen LogP contribution >= 0.6 is 0 Å². The maximum absolute atomic E-state index is 12.3. The molecular weight excluding hydrogens is 230 g/mol. The Labute approximate surface area is 107 Å². The smallest absolute Gasteiger partial charge is 0.316 e. The fourth-order valence-corrected chi connectivity index (χ4v) is 1.82. The first-order valence-corrected chi connectivity index (χ1v) is 6.15. The second kappa shape index (κ2) is 6.89. The number of carbonyl (C=O) groups excluding carboxylic acids is 2. The number of ether oxygens (including phenoxy) is 1. The van der Waals surface area contributed by atoms with Gasteiger partial charge in [-0.05, 0) is 25.0 Å². The average Bonchev–Trinajstić information content (AvgIpc) is 2.39. The molecular formula is C14H19NO3. The second-order valence-corrected chi connectivity index (χ2v) is 4.25. The summed E-state index contributed by atoms with van der Waals surface area (Å²) in [5.41, 5.74) is 1.15. The van der Waals surface area contributed by atoms with E-state index in [1.54, 1.807) is 12.3 Å². The monoisotopic (exact) mass is 249 g/mol. The van der Waals surface area contributed by atoms with Gasteiger partial charge in [0.15, 0.2) is 5.78 Å². The zero-order valence-electron chi connectivity index (χ0n) is 11.1. The molecule has 4 heteroatoms. The van der Waals surface area contributed by atoms with Gasteiger partial charge in [-0.25, -0.2) is 0 Å². The van der Waals surface area contributed by atoms with E-state index in [9.17, 15) is 9.59 Å². The minimum Gasteiger partial charge on any atom is -0.468 e. The second-order valence-electron chi connectivity index (χ2n) is 4.25. The largest absolute Gasteiger partial charge is 0.468 e. The van der Waals surface area contributed by atoms with Crippen LogP contribution in [0, 0.1) is 12.8 Å². The Balaban J connectivity index is 2.95. The lowest BCUT2D eigenvalue weighted by Crippen LogP contribution is -2.26. The lowest BCUT2D eigenvalue weighted by Gasteiger charge is -2.13. The number of pyridine rings is 1. The molecule has 1 rings (SSSR count). The van der Waals surface area contributed by atoms with Crippen LogP contribution in [0.15, 0.2) is 18.3 Å². The van der Waals surface area contributed by atoms with Crippen molar-refractivity contribution in [2.24, 2.45) is 5.92 Å². The Bertz CT molecular complexity index is 429. The summed E-state index contributed by atoms with van der Waals surface area (Å²) in [5, 5.41) is 0. The number of carbonyl (C=O) groups is 2. The Morgan fingerprint density at radius 1 is 1.44 bits per heavy atom. The van der Waals surface area contributed by atoms with Gasteiger partial charge in [0.1, 0.15) is 11.6 Å². The van der Waals surface area contributed by atoms with Crippen LogP contribution in [0.5, 0.6) is 0 Å². The lowest BCUT2D eigenvalue weighted by atomic mass is 9.93. The van der Waals surface area contributed by atoms with Gasteiger partial charge in [-0.2, -0.15) is 0 Å². The minimum atomic E-state index is -0.733. The molecule has 1 aromatic heterocycles. The van der Waals surface area contributed by atoms with Crippen molar-refractivity contribution in [3.8, 4) is 0 Å². The highest BCUT2D eigenvalue weighted by atomic mass is 16.5. The first-order chi connectivity index (χ1) is 8.61. The lowest BCUT2D eigenvalue weighted by molar-refractivity contribution is -0.143. The van der Waals surface area contributed by atoms with Crippen LogP contribution in [-0.4, -0.2) is 23.8 Å². The van der Waals surface area contributed by atoms with Crippen molar-refractivity contribution in [2.45, 2.75) is 33.1 Å². The number of nitrogens with zero attached hydrogens (tertiary/aromatic N) is 1. The van der Waals surface area contributed by atoms with Gasteiger partial charge in [-0.1, -0.05) is 25.8 Å². The number of Topliss-reactive ketones (excluding diaryl/α,β-unsaturated/α-hetero) is 1. The van der Waals surface area contributed by atoms with Crippen molar-refractivity contribution in [3.63, 3.8) is 0 Å². The number of aromatic nitrogens is 1. The van der Waals surface area contributed by atoms with Crippen LogP contribution in [0.2, 0.25) is 0 Å². The van der Waals surface area contributed by atoms with Crippen molar-refractivity contribution >= 4 is 11.8 Å². The van der Waals surface area contributed by atoms with Crippen LogP contribution in [-0.2, 0) is 9.53 Å². The highest BCUT2D eigenvalue weighted by molar-refractivity contribution is 6.08. The maximum atomic E-state index is 12.3. The minimum absolute atomic E-state index is 0.242. The number of esters is 1. The Morgan fingerprint density at radius 3 is 2.72 bits per heavy atom. The quantitative estimate of drug-likeness (QED) is 0.441. The number of methoxy groups -OCH3 is 1. The fourth-order valence-electron chi connectivity index (χ4n) is 1.82. The van der Waals surface area contributed by atoms with E-state index in [0.29, 0.717) is 12.1 Å². The summed E-state index contributed by atoms with van der Waals surface area (Å²) in [6.07, 6.45) is 3.83. The average molecular weight is 249 g/mol. The molecule has 4 nitrogen and oxygen atoms in total. The first-order valence-electron chi connectivity index (χ1n) is 6.15. The van der Waals surface area contributed by atoms with Gasteiger partial charge in [0.25, 0.3) is 0 Å². The molecule has 1 heterocycles. The molecule has 0 saturated carbocycles. The molecule has 0 saturated heterocycles. The fraction of sp³-hybridized carbons (Fsp3) is 0.500. The summed E-state index contributed by atoms with van der Waals surface area (Å²) >= 11 is 0. The van der Waals surface area contributed by atoms with Gasteiger partial charge < -0.3 is 4.74 Å². The number of hydrogen-bond acceptors (Lipinski definition) is 4. The Kier molecular flexibility index (Phi) is 5.49. The van der Waals surface area contributed by atoms with E-state index in [1.165, 1.54) is 7.11 Å². The van der Waals surface area contributed by atoms with Crippen molar-refractivity contribution in [3.05, 3.63) is 29.6 Å². The molecule has 0 N–H and O–H groups in total. The first kappa shape index (κ1) is 14.4. The molecule has 0 bridgehead atoms. The Morgan fingerprint density at radius 2 is 2.17 bits per heavy atom. The van der Waals surface area contributed by atoms with Crippen LogP contribution in [0.3, 0.4) is 0 Å². The van der Waals surface area contributed by atoms with E-state index >= 15 is 0 Å². The molecule has 0 spiro atoms. The van der Waals surface area contributed by atoms with E-state index in [0.717, 1.165) is 18.4 Å². The predicted octanol–water partition coefficient (Wildman–Crippen LogP) is 2.55. The van der Waals surface area contributed by atoms with Crippen molar-refractivity contribution < 1.29 is 14.3 Å². The molecule has 1 atom stereocenters. The van der Waals surface area contributed by atoms with Gasteiger partial charge >= 0.3 is 5.97 Å². The Hall–Kier alpha value is -1.71. The molecule has 98 valence electrons. The molecule has 0 radical (unpaired) electrons. The maximum Gasteiger partial charge on any atom is 0.316 e. The third kappa shape index (κ3) is 3.39. The van der Waals surface area contributed by atoms with E-state index < -0.39 is 11.9 Å². The normalized spacial score (nSPS) is 11.9. The van der Waals surface area contributed by atoms with Gasteiger partial charge in [-0.3, -0.25) is 14.6 Å². The third-order valence-corrected chi connectivity index (χ3v) is 2.89. The molecule has 1 aromatic rings. The predicted molar refractivity (Wildman–Crippen MR) is 68.3 cm³/mol. The molecule has 0 aliphatic rings. The van der Waals surface area contributed by atoms with E-state index in [2.05, 4.69) is 4.98 Å². The molecule has 0 amide bonds. The zero-order valence-corrected chi connectivity index (χ0v) is 11.1. The molecule has 0 aliphatic carbocycles. The summed E-state index contributed by atoms with van der Waals surface area (Å²) < 4.78 is 4.70. The standard InChI is InChI=1S/C14H19NO3/c1-4-5-8-11(14(17)18-3)13(16)12-10(2)7-6-9-15-12/h6-7,9,11H,4-5,8H2,1-3H3. The van der Waals surface area contributed by atoms with E-state index in [1.807, 2.05) is 19.9 Å². The molecule has 0 fully saturated rings. The summed E-state index contributed by atoms with van der Waals surface area (Å²) in [5.74, 6) is -1.45. The SMILES string of the molecule is CCCCC(C(=O)OC)C(=O)c1ncccc1C. The van der Waals surface area contributed by atoms with Crippen LogP contribution < -0.4 is 0 Å². The number of ketones is 1. The van der Waals surface area contributed by atoms with Crippen molar-refractivity contribution in [1.82, 2.24) is 4.98 Å². The van der Waals surface area contributed by atoms with Gasteiger partial charge in [0, 0.05) is 6.20 Å². The van der Waals surface area contributed by atoms with Gasteiger partial charge in [0.2, 0.25) is 0 Å². The summed E-state index contributed by atoms with van der Waals surface area (Å²) in [6, 6.07) is 3.58. The number of aryl methyl sites for hydroxylation is 1. The summed E-state index contributed by atoms with van der Waals surface area (Å²) in [6.45, 7) is 3.83. The van der Waals surface area contributed by atoms with Crippen molar-refractivity contribution in [2.75, 3.05) is 7.11 Å². The number of rotatable bonds is 6. The summed E-state index contributed by atoms with van der Waals surface area (Å²) in [4.78, 5) is 28.0. The molecule has 0 aliphatic heterocycles. The highest BCUT2D eigenvalue weighted by Gasteiger charge is 2.29. The van der Waals surface area contributed by atoms with Crippen LogP contribution in [0.25, 0.3) is 0 Å². The number of unbranched alkanes of at least 4 members (excludes halogenated alkanes) is 1. The zero-order chi connectivity index (χ0) is 13.5. The van der Waals surface area contributed by atoms with Gasteiger partial charge in [0.05, 0.1) is 7.11 Å². The van der Waals surface area contributed by atoms with Gasteiger partial charge in [-0.15, -0.1) is 0 Å². The summed E-state index contributed by atoms with van der Waals surface area (Å²) in [7, 11) is 1.31. The van der Waals surface area contributed by atoms with E-state index in [4.69, 9.17) is 4.74 Å². The molecule has 18 heavy (non-hydrogen) atoms. The molecule has 1 unspecified atom stereocenters. The topological polar surface area (TPSA) is 56.3 Å². The van der Waals surface area contributed by atoms with Crippen LogP contribution in [0.1, 0.15) is 42.2 Å². The highest BCUT2D eigenvalue weighted by Crippen LogP contribution is 2.17. The molecule has 0 aromatic carbocycles.